The lowest BCUT2D eigenvalue weighted by Gasteiger charge is -2.27. The van der Waals surface area contributed by atoms with Gasteiger partial charge in [-0.25, -0.2) is 0 Å². The molecule has 2 aromatic rings. The molecule has 1 heterocycles. The smallest absolute Gasteiger partial charge is 0.295 e. The molecule has 1 fully saturated rings. The van der Waals surface area contributed by atoms with Gasteiger partial charge in [0.05, 0.1) is 32.9 Å². The normalized spacial score (nSPS) is 16.5. The maximum atomic E-state index is 13.4. The molecule has 0 aliphatic carbocycles. The Morgan fingerprint density at radius 3 is 1.90 bits per heavy atom. The summed E-state index contributed by atoms with van der Waals surface area (Å²) in [6.45, 7) is 2.64. The van der Waals surface area contributed by atoms with Gasteiger partial charge in [0.1, 0.15) is 23.0 Å². The van der Waals surface area contributed by atoms with E-state index < -0.39 is 17.7 Å². The van der Waals surface area contributed by atoms with Crippen molar-refractivity contribution in [2.45, 2.75) is 77.2 Å². The zero-order valence-corrected chi connectivity index (χ0v) is 23.8. The van der Waals surface area contributed by atoms with E-state index in [0.29, 0.717) is 34.9 Å². The highest BCUT2D eigenvalue weighted by atomic mass is 16.5. The van der Waals surface area contributed by atoms with Crippen molar-refractivity contribution < 1.29 is 28.9 Å². The van der Waals surface area contributed by atoms with E-state index in [9.17, 15) is 14.7 Å². The summed E-state index contributed by atoms with van der Waals surface area (Å²) in [7, 11) is 4.66. The molecular formula is C32H43NO6. The summed E-state index contributed by atoms with van der Waals surface area (Å²) in [5.74, 6) is 0.160. The van der Waals surface area contributed by atoms with Crippen LogP contribution in [0.2, 0.25) is 0 Å². The molecule has 0 radical (unpaired) electrons. The van der Waals surface area contributed by atoms with Crippen molar-refractivity contribution in [2.24, 2.45) is 0 Å². The van der Waals surface area contributed by atoms with Crippen LogP contribution in [0.3, 0.4) is 0 Å². The molecule has 7 nitrogen and oxygen atoms in total. The van der Waals surface area contributed by atoms with E-state index in [4.69, 9.17) is 14.2 Å². The predicted molar refractivity (Wildman–Crippen MR) is 153 cm³/mol. The Kier molecular flexibility index (Phi) is 11.7. The summed E-state index contributed by atoms with van der Waals surface area (Å²) in [5, 5.41) is 11.3. The van der Waals surface area contributed by atoms with E-state index in [-0.39, 0.29) is 11.3 Å². The SMILES string of the molecule is CCCCCCCCCCCCN1C(=O)C(=O)/C(=C(\O)c2ccc(OC)cc2)C1c1cc(OC)ccc1OC. The van der Waals surface area contributed by atoms with Gasteiger partial charge < -0.3 is 24.2 Å². The number of aliphatic hydroxyl groups is 1. The van der Waals surface area contributed by atoms with Crippen LogP contribution >= 0.6 is 0 Å². The molecule has 1 aliphatic rings. The number of hydrogen-bond acceptors (Lipinski definition) is 6. The summed E-state index contributed by atoms with van der Waals surface area (Å²) >= 11 is 0. The van der Waals surface area contributed by atoms with Crippen molar-refractivity contribution in [3.8, 4) is 17.2 Å². The molecule has 0 aromatic heterocycles. The molecule has 2 aromatic carbocycles. The van der Waals surface area contributed by atoms with Crippen LogP contribution in [0.5, 0.6) is 17.2 Å². The van der Waals surface area contributed by atoms with Crippen LogP contribution in [-0.4, -0.2) is 49.6 Å². The summed E-state index contributed by atoms with van der Waals surface area (Å²) < 4.78 is 16.3. The fourth-order valence-electron chi connectivity index (χ4n) is 5.16. The molecule has 1 saturated heterocycles. The highest BCUT2D eigenvalue weighted by molar-refractivity contribution is 6.46. The number of carbonyl (C=O) groups is 2. The number of ether oxygens (including phenoxy) is 3. The minimum absolute atomic E-state index is 0.0452. The second kappa shape index (κ2) is 15.2. The third-order valence-electron chi connectivity index (χ3n) is 7.39. The molecule has 212 valence electrons. The number of Topliss-reactive ketones (excluding diaryl/α,β-unsaturated/α-hetero) is 1. The molecule has 1 unspecified atom stereocenters. The lowest BCUT2D eigenvalue weighted by Crippen LogP contribution is -2.31. The zero-order chi connectivity index (χ0) is 28.2. The van der Waals surface area contributed by atoms with Crippen LogP contribution < -0.4 is 14.2 Å². The number of amides is 1. The van der Waals surface area contributed by atoms with Gasteiger partial charge in [0.2, 0.25) is 0 Å². The van der Waals surface area contributed by atoms with Gasteiger partial charge in [0, 0.05) is 17.7 Å². The van der Waals surface area contributed by atoms with E-state index in [2.05, 4.69) is 6.92 Å². The Morgan fingerprint density at radius 1 is 0.769 bits per heavy atom. The van der Waals surface area contributed by atoms with Crippen LogP contribution in [0, 0.1) is 0 Å². The number of benzene rings is 2. The molecule has 39 heavy (non-hydrogen) atoms. The molecule has 1 amide bonds. The number of rotatable bonds is 16. The van der Waals surface area contributed by atoms with E-state index >= 15 is 0 Å². The van der Waals surface area contributed by atoms with Gasteiger partial charge in [-0.2, -0.15) is 0 Å². The molecule has 0 spiro atoms. The zero-order valence-electron chi connectivity index (χ0n) is 23.8. The topological polar surface area (TPSA) is 85.3 Å². The maximum Gasteiger partial charge on any atom is 0.295 e. The van der Waals surface area contributed by atoms with Crippen LogP contribution in [0.1, 0.15) is 88.3 Å². The molecule has 1 atom stereocenters. The fraction of sp³-hybridized carbons (Fsp3) is 0.500. The molecule has 0 bridgehead atoms. The Balaban J connectivity index is 1.84. The largest absolute Gasteiger partial charge is 0.507 e. The van der Waals surface area contributed by atoms with Crippen LogP contribution in [-0.2, 0) is 9.59 Å². The molecule has 1 aliphatic heterocycles. The van der Waals surface area contributed by atoms with Crippen molar-refractivity contribution in [1.82, 2.24) is 4.90 Å². The predicted octanol–water partition coefficient (Wildman–Crippen LogP) is 7.06. The number of likely N-dealkylation sites (tertiary alicyclic amines) is 1. The molecule has 0 saturated carbocycles. The third-order valence-corrected chi connectivity index (χ3v) is 7.39. The molecule has 7 heteroatoms. The first-order valence-electron chi connectivity index (χ1n) is 14.1. The number of hydrogen-bond donors (Lipinski definition) is 1. The average Bonchev–Trinajstić information content (AvgIpc) is 3.22. The fourth-order valence-corrected chi connectivity index (χ4v) is 5.16. The summed E-state index contributed by atoms with van der Waals surface area (Å²) in [5.41, 5.74) is 1.07. The van der Waals surface area contributed by atoms with E-state index in [0.717, 1.165) is 19.3 Å². The molecule has 3 rings (SSSR count). The van der Waals surface area contributed by atoms with Gasteiger partial charge >= 0.3 is 0 Å². The Bertz CT molecular complexity index is 1120. The first-order valence-corrected chi connectivity index (χ1v) is 14.1. The Hall–Kier alpha value is -3.48. The summed E-state index contributed by atoms with van der Waals surface area (Å²) in [6, 6.07) is 11.2. The molecular weight excluding hydrogens is 494 g/mol. The highest BCUT2D eigenvalue weighted by Gasteiger charge is 2.47. The van der Waals surface area contributed by atoms with Crippen molar-refractivity contribution in [1.29, 1.82) is 0 Å². The number of ketones is 1. The van der Waals surface area contributed by atoms with Crippen molar-refractivity contribution in [3.63, 3.8) is 0 Å². The van der Waals surface area contributed by atoms with Gasteiger partial charge in [0.25, 0.3) is 11.7 Å². The summed E-state index contributed by atoms with van der Waals surface area (Å²) in [4.78, 5) is 28.3. The monoisotopic (exact) mass is 537 g/mol. The van der Waals surface area contributed by atoms with Crippen molar-refractivity contribution in [3.05, 3.63) is 59.2 Å². The average molecular weight is 538 g/mol. The standard InChI is InChI=1S/C32H43NO6/c1-5-6-7-8-9-10-11-12-13-14-21-33-29(26-22-25(38-3)19-20-27(26)39-4)28(31(35)32(33)36)30(34)23-15-17-24(37-2)18-16-23/h15-20,22,29,34H,5-14,21H2,1-4H3/b30-28-. The quantitative estimate of drug-likeness (QED) is 0.107. The van der Waals surface area contributed by atoms with Crippen LogP contribution in [0.15, 0.2) is 48.0 Å². The van der Waals surface area contributed by atoms with E-state index in [1.807, 2.05) is 0 Å². The maximum absolute atomic E-state index is 13.4. The minimum atomic E-state index is -0.796. The number of nitrogens with zero attached hydrogens (tertiary/aromatic N) is 1. The van der Waals surface area contributed by atoms with Crippen molar-refractivity contribution >= 4 is 17.4 Å². The Morgan fingerprint density at radius 2 is 1.33 bits per heavy atom. The first-order chi connectivity index (χ1) is 19.0. The number of aliphatic hydroxyl groups excluding tert-OH is 1. The van der Waals surface area contributed by atoms with Gasteiger partial charge in [-0.05, 0) is 48.9 Å². The third kappa shape index (κ3) is 7.55. The van der Waals surface area contributed by atoms with Crippen LogP contribution in [0.4, 0.5) is 0 Å². The molecule has 1 N–H and O–H groups in total. The second-order valence-electron chi connectivity index (χ2n) is 10.0. The number of carbonyl (C=O) groups excluding carboxylic acids is 2. The van der Waals surface area contributed by atoms with Gasteiger partial charge in [-0.1, -0.05) is 64.7 Å². The van der Waals surface area contributed by atoms with Crippen LogP contribution in [0.25, 0.3) is 5.76 Å². The van der Waals surface area contributed by atoms with Gasteiger partial charge in [-0.15, -0.1) is 0 Å². The van der Waals surface area contributed by atoms with E-state index in [1.54, 1.807) is 68.7 Å². The minimum Gasteiger partial charge on any atom is -0.507 e. The highest BCUT2D eigenvalue weighted by Crippen LogP contribution is 2.44. The van der Waals surface area contributed by atoms with Gasteiger partial charge in [-0.3, -0.25) is 9.59 Å². The van der Waals surface area contributed by atoms with E-state index in [1.165, 1.54) is 44.9 Å². The number of methoxy groups -OCH3 is 3. The first kappa shape index (κ1) is 30.1. The van der Waals surface area contributed by atoms with Crippen molar-refractivity contribution in [2.75, 3.05) is 27.9 Å². The lowest BCUT2D eigenvalue weighted by atomic mass is 9.94. The Labute approximate surface area is 232 Å². The van der Waals surface area contributed by atoms with Gasteiger partial charge in [0.15, 0.2) is 0 Å². The second-order valence-corrected chi connectivity index (χ2v) is 10.0. The summed E-state index contributed by atoms with van der Waals surface area (Å²) in [6.07, 6.45) is 11.7. The lowest BCUT2D eigenvalue weighted by molar-refractivity contribution is -0.139. The number of unbranched alkanes of at least 4 members (excludes halogenated alkanes) is 9.